The minimum atomic E-state index is -3.63. The highest BCUT2D eigenvalue weighted by Gasteiger charge is 2.36. The highest BCUT2D eigenvalue weighted by Crippen LogP contribution is 2.31. The summed E-state index contributed by atoms with van der Waals surface area (Å²) in [6, 6.07) is 3.73. The van der Waals surface area contributed by atoms with Crippen LogP contribution in [0.25, 0.3) is 0 Å². The van der Waals surface area contributed by atoms with Crippen molar-refractivity contribution in [2.24, 2.45) is 5.73 Å². The molecule has 0 atom stereocenters. The molecule has 1 fully saturated rings. The lowest BCUT2D eigenvalue weighted by molar-refractivity contribution is 0.462. The van der Waals surface area contributed by atoms with E-state index in [1.807, 2.05) is 0 Å². The predicted molar refractivity (Wildman–Crippen MR) is 62.3 cm³/mol. The second kappa shape index (κ2) is 4.36. The van der Waals surface area contributed by atoms with Crippen LogP contribution in [0.4, 0.5) is 4.39 Å². The lowest BCUT2D eigenvalue weighted by Gasteiger charge is -2.18. The van der Waals surface area contributed by atoms with Crippen molar-refractivity contribution in [2.45, 2.75) is 30.3 Å². The van der Waals surface area contributed by atoms with Crippen molar-refractivity contribution in [3.63, 3.8) is 0 Å². The Morgan fingerprint density at radius 3 is 2.65 bits per heavy atom. The molecular formula is C11H15FN2O2S. The fourth-order valence-electron chi connectivity index (χ4n) is 1.73. The van der Waals surface area contributed by atoms with E-state index in [2.05, 4.69) is 0 Å². The largest absolute Gasteiger partial charge is 0.326 e. The van der Waals surface area contributed by atoms with Crippen LogP contribution in [-0.2, 0) is 16.6 Å². The van der Waals surface area contributed by atoms with Gasteiger partial charge < -0.3 is 5.73 Å². The van der Waals surface area contributed by atoms with Gasteiger partial charge in [0, 0.05) is 19.6 Å². The summed E-state index contributed by atoms with van der Waals surface area (Å²) in [5.41, 5.74) is 5.93. The summed E-state index contributed by atoms with van der Waals surface area (Å²) in [6.07, 6.45) is 1.73. The van der Waals surface area contributed by atoms with Crippen LogP contribution >= 0.6 is 0 Å². The van der Waals surface area contributed by atoms with E-state index >= 15 is 0 Å². The van der Waals surface area contributed by atoms with E-state index in [9.17, 15) is 12.8 Å². The normalized spacial score (nSPS) is 16.5. The molecule has 1 aromatic rings. The molecule has 1 aliphatic carbocycles. The molecule has 2 N–H and O–H groups in total. The molecule has 0 unspecified atom stereocenters. The van der Waals surface area contributed by atoms with Gasteiger partial charge in [0.25, 0.3) is 0 Å². The zero-order valence-corrected chi connectivity index (χ0v) is 10.4. The van der Waals surface area contributed by atoms with Crippen LogP contribution in [0, 0.1) is 5.82 Å². The van der Waals surface area contributed by atoms with E-state index in [-0.39, 0.29) is 17.5 Å². The van der Waals surface area contributed by atoms with Crippen molar-refractivity contribution in [1.82, 2.24) is 4.31 Å². The van der Waals surface area contributed by atoms with Gasteiger partial charge in [-0.05, 0) is 30.5 Å². The summed E-state index contributed by atoms with van der Waals surface area (Å²) in [5.74, 6) is -0.565. The molecule has 6 heteroatoms. The summed E-state index contributed by atoms with van der Waals surface area (Å²) in [5, 5.41) is 0. The van der Waals surface area contributed by atoms with E-state index in [0.717, 1.165) is 18.9 Å². The molecule has 4 nitrogen and oxygen atoms in total. The van der Waals surface area contributed by atoms with Crippen molar-refractivity contribution in [3.8, 4) is 0 Å². The number of hydrogen-bond acceptors (Lipinski definition) is 3. The Kier molecular flexibility index (Phi) is 3.20. The average Bonchev–Trinajstić information content (AvgIpc) is 3.11. The molecule has 94 valence electrons. The van der Waals surface area contributed by atoms with Gasteiger partial charge in [-0.3, -0.25) is 0 Å². The van der Waals surface area contributed by atoms with E-state index in [4.69, 9.17) is 5.73 Å². The molecule has 1 aliphatic rings. The maximum Gasteiger partial charge on any atom is 0.243 e. The zero-order valence-electron chi connectivity index (χ0n) is 9.56. The second-order valence-electron chi connectivity index (χ2n) is 4.21. The van der Waals surface area contributed by atoms with Crippen LogP contribution < -0.4 is 5.73 Å². The number of nitrogens with two attached hydrogens (primary N) is 1. The molecule has 0 aliphatic heterocycles. The second-order valence-corrected chi connectivity index (χ2v) is 6.17. The van der Waals surface area contributed by atoms with Crippen molar-refractivity contribution < 1.29 is 12.8 Å². The topological polar surface area (TPSA) is 63.4 Å². The van der Waals surface area contributed by atoms with Gasteiger partial charge in [-0.25, -0.2) is 12.8 Å². The van der Waals surface area contributed by atoms with E-state index in [1.54, 1.807) is 0 Å². The number of halogens is 1. The van der Waals surface area contributed by atoms with Gasteiger partial charge in [-0.1, -0.05) is 6.07 Å². The number of sulfonamides is 1. The van der Waals surface area contributed by atoms with Crippen LogP contribution in [0.15, 0.2) is 23.1 Å². The maximum absolute atomic E-state index is 13.2. The van der Waals surface area contributed by atoms with Crippen molar-refractivity contribution in [3.05, 3.63) is 29.6 Å². The minimum absolute atomic E-state index is 0.0191. The summed E-state index contributed by atoms with van der Waals surface area (Å²) in [4.78, 5) is -0.0191. The Labute approximate surface area is 100 Å². The number of benzene rings is 1. The first-order valence-corrected chi connectivity index (χ1v) is 6.87. The van der Waals surface area contributed by atoms with Crippen LogP contribution in [0.5, 0.6) is 0 Å². The molecule has 17 heavy (non-hydrogen) atoms. The van der Waals surface area contributed by atoms with Crippen LogP contribution in [-0.4, -0.2) is 25.8 Å². The Morgan fingerprint density at radius 2 is 2.12 bits per heavy atom. The smallest absolute Gasteiger partial charge is 0.243 e. The van der Waals surface area contributed by atoms with Gasteiger partial charge in [0.1, 0.15) is 5.82 Å². The zero-order chi connectivity index (χ0) is 12.6. The fourth-order valence-corrected chi connectivity index (χ4v) is 3.38. The van der Waals surface area contributed by atoms with E-state index < -0.39 is 15.8 Å². The first kappa shape index (κ1) is 12.5. The van der Waals surface area contributed by atoms with Gasteiger partial charge in [0.05, 0.1) is 4.90 Å². The Morgan fingerprint density at radius 1 is 1.47 bits per heavy atom. The van der Waals surface area contributed by atoms with Crippen molar-refractivity contribution in [2.75, 3.05) is 7.05 Å². The quantitative estimate of drug-likeness (QED) is 0.878. The summed E-state index contributed by atoms with van der Waals surface area (Å²) >= 11 is 0. The maximum atomic E-state index is 13.2. The van der Waals surface area contributed by atoms with Crippen molar-refractivity contribution in [1.29, 1.82) is 0 Å². The van der Waals surface area contributed by atoms with E-state index in [1.165, 1.54) is 23.5 Å². The van der Waals surface area contributed by atoms with Gasteiger partial charge in [-0.2, -0.15) is 4.31 Å². The minimum Gasteiger partial charge on any atom is -0.326 e. The predicted octanol–water partition coefficient (Wildman–Crippen LogP) is 1.07. The van der Waals surface area contributed by atoms with Gasteiger partial charge in [-0.15, -0.1) is 0 Å². The standard InChI is InChI=1S/C11H15FN2O2S/c1-14(10-4-5-10)17(15,16)11-6-9(12)3-2-8(11)7-13/h2-3,6,10H,4-5,7,13H2,1H3. The molecule has 1 aromatic carbocycles. The molecular weight excluding hydrogens is 243 g/mol. The van der Waals surface area contributed by atoms with Gasteiger partial charge >= 0.3 is 0 Å². The molecule has 0 amide bonds. The number of rotatable bonds is 4. The van der Waals surface area contributed by atoms with E-state index in [0.29, 0.717) is 5.56 Å². The Hall–Kier alpha value is -0.980. The summed E-state index contributed by atoms with van der Waals surface area (Å²) < 4.78 is 39.0. The molecule has 0 spiro atoms. The SMILES string of the molecule is CN(C1CC1)S(=O)(=O)c1cc(F)ccc1CN. The van der Waals surface area contributed by atoms with Gasteiger partial charge in [0.2, 0.25) is 10.0 Å². The molecule has 0 aromatic heterocycles. The molecule has 1 saturated carbocycles. The molecule has 2 rings (SSSR count). The third kappa shape index (κ3) is 2.34. The molecule has 0 saturated heterocycles. The summed E-state index contributed by atoms with van der Waals surface area (Å²) in [7, 11) is -2.10. The first-order valence-electron chi connectivity index (χ1n) is 5.43. The Bertz CT molecular complexity index is 526. The average molecular weight is 258 g/mol. The monoisotopic (exact) mass is 258 g/mol. The summed E-state index contributed by atoms with van der Waals surface area (Å²) in [6.45, 7) is 0.0767. The number of hydrogen-bond donors (Lipinski definition) is 1. The molecule has 0 bridgehead atoms. The van der Waals surface area contributed by atoms with Crippen LogP contribution in [0.1, 0.15) is 18.4 Å². The number of nitrogens with zero attached hydrogens (tertiary/aromatic N) is 1. The van der Waals surface area contributed by atoms with Crippen LogP contribution in [0.2, 0.25) is 0 Å². The molecule has 0 radical (unpaired) electrons. The highest BCUT2D eigenvalue weighted by atomic mass is 32.2. The third-order valence-electron chi connectivity index (χ3n) is 2.97. The Balaban J connectivity index is 2.47. The first-order chi connectivity index (χ1) is 7.96. The molecule has 0 heterocycles. The lowest BCUT2D eigenvalue weighted by Crippen LogP contribution is -2.30. The van der Waals surface area contributed by atoms with Crippen LogP contribution in [0.3, 0.4) is 0 Å². The van der Waals surface area contributed by atoms with Crippen molar-refractivity contribution >= 4 is 10.0 Å². The fraction of sp³-hybridized carbons (Fsp3) is 0.455. The third-order valence-corrected chi connectivity index (χ3v) is 4.96. The highest BCUT2D eigenvalue weighted by molar-refractivity contribution is 7.89. The van der Waals surface area contributed by atoms with Gasteiger partial charge in [0.15, 0.2) is 0 Å². The lowest BCUT2D eigenvalue weighted by atomic mass is 10.2.